The molecule has 2 atom stereocenters. The van der Waals surface area contributed by atoms with Crippen molar-refractivity contribution in [1.29, 1.82) is 0 Å². The molecule has 0 bridgehead atoms. The van der Waals surface area contributed by atoms with Gasteiger partial charge in [-0.2, -0.15) is 0 Å². The highest BCUT2D eigenvalue weighted by molar-refractivity contribution is 6.42. The molecule has 0 radical (unpaired) electrons. The van der Waals surface area contributed by atoms with Crippen molar-refractivity contribution in [3.63, 3.8) is 0 Å². The summed E-state index contributed by atoms with van der Waals surface area (Å²) in [5.74, 6) is 0. The summed E-state index contributed by atoms with van der Waals surface area (Å²) in [6.07, 6.45) is -0.623. The maximum absolute atomic E-state index is 10.1. The zero-order valence-electron chi connectivity index (χ0n) is 9.91. The first-order valence-corrected chi connectivity index (χ1v) is 6.17. The van der Waals surface area contributed by atoms with Crippen LogP contribution in [-0.4, -0.2) is 31.4 Å². The molecule has 0 spiro atoms. The minimum Gasteiger partial charge on any atom is -0.387 e. The van der Waals surface area contributed by atoms with Crippen LogP contribution in [0.1, 0.15) is 18.6 Å². The van der Waals surface area contributed by atoms with Gasteiger partial charge in [-0.05, 0) is 24.6 Å². The standard InChI is InChI=1S/C12H17Cl2NO2/c1-8(15-5-6-17-2)12(16)9-3-4-10(13)11(14)7-9/h3-4,7-8,12,15-16H,5-6H2,1-2H3. The van der Waals surface area contributed by atoms with Crippen molar-refractivity contribution in [2.24, 2.45) is 0 Å². The molecule has 3 nitrogen and oxygen atoms in total. The number of methoxy groups -OCH3 is 1. The van der Waals surface area contributed by atoms with E-state index < -0.39 is 6.10 Å². The average molecular weight is 278 g/mol. The van der Waals surface area contributed by atoms with Crippen LogP contribution in [0.3, 0.4) is 0 Å². The topological polar surface area (TPSA) is 41.5 Å². The van der Waals surface area contributed by atoms with Crippen LogP contribution in [0.4, 0.5) is 0 Å². The highest BCUT2D eigenvalue weighted by Crippen LogP contribution is 2.26. The lowest BCUT2D eigenvalue weighted by molar-refractivity contribution is 0.127. The maximum Gasteiger partial charge on any atom is 0.0940 e. The third-order valence-electron chi connectivity index (χ3n) is 2.53. The lowest BCUT2D eigenvalue weighted by atomic mass is 10.0. The van der Waals surface area contributed by atoms with Gasteiger partial charge in [0.25, 0.3) is 0 Å². The van der Waals surface area contributed by atoms with E-state index in [1.54, 1.807) is 25.3 Å². The Morgan fingerprint density at radius 2 is 2.06 bits per heavy atom. The van der Waals surface area contributed by atoms with Crippen molar-refractivity contribution < 1.29 is 9.84 Å². The molecule has 1 rings (SSSR count). The Hall–Kier alpha value is -0.320. The van der Waals surface area contributed by atoms with Crippen molar-refractivity contribution >= 4 is 23.2 Å². The van der Waals surface area contributed by atoms with Crippen LogP contribution >= 0.6 is 23.2 Å². The monoisotopic (exact) mass is 277 g/mol. The molecule has 2 N–H and O–H groups in total. The molecule has 96 valence electrons. The molecule has 0 saturated heterocycles. The number of hydrogen-bond acceptors (Lipinski definition) is 3. The van der Waals surface area contributed by atoms with Gasteiger partial charge in [-0.1, -0.05) is 29.3 Å². The number of benzene rings is 1. The van der Waals surface area contributed by atoms with Gasteiger partial charge in [0.2, 0.25) is 0 Å². The Labute approximate surface area is 112 Å². The molecular formula is C12H17Cl2NO2. The third kappa shape index (κ3) is 4.45. The summed E-state index contributed by atoms with van der Waals surface area (Å²) in [6.45, 7) is 3.21. The number of aliphatic hydroxyl groups excluding tert-OH is 1. The molecule has 0 amide bonds. The minimum atomic E-state index is -0.623. The van der Waals surface area contributed by atoms with Gasteiger partial charge in [0.15, 0.2) is 0 Å². The van der Waals surface area contributed by atoms with Crippen molar-refractivity contribution in [1.82, 2.24) is 5.32 Å². The molecule has 5 heteroatoms. The number of nitrogens with one attached hydrogen (secondary N) is 1. The van der Waals surface area contributed by atoms with E-state index in [4.69, 9.17) is 27.9 Å². The summed E-state index contributed by atoms with van der Waals surface area (Å²) >= 11 is 11.7. The van der Waals surface area contributed by atoms with Crippen LogP contribution in [0.15, 0.2) is 18.2 Å². The van der Waals surface area contributed by atoms with Gasteiger partial charge < -0.3 is 15.2 Å². The van der Waals surface area contributed by atoms with Gasteiger partial charge in [0, 0.05) is 19.7 Å². The van der Waals surface area contributed by atoms with E-state index in [9.17, 15) is 5.11 Å². The van der Waals surface area contributed by atoms with Gasteiger partial charge >= 0.3 is 0 Å². The molecule has 0 aliphatic carbocycles. The van der Waals surface area contributed by atoms with Gasteiger partial charge in [-0.3, -0.25) is 0 Å². The first kappa shape index (κ1) is 14.7. The van der Waals surface area contributed by atoms with Crippen molar-refractivity contribution in [3.8, 4) is 0 Å². The Morgan fingerprint density at radius 1 is 1.35 bits per heavy atom. The molecule has 0 aliphatic rings. The van der Waals surface area contributed by atoms with E-state index in [1.165, 1.54) is 0 Å². The second kappa shape index (κ2) is 7.19. The lowest BCUT2D eigenvalue weighted by Gasteiger charge is -2.20. The SMILES string of the molecule is COCCNC(C)C(O)c1ccc(Cl)c(Cl)c1. The lowest BCUT2D eigenvalue weighted by Crippen LogP contribution is -2.34. The summed E-state index contributed by atoms with van der Waals surface area (Å²) in [5, 5.41) is 14.2. The molecular weight excluding hydrogens is 261 g/mol. The van der Waals surface area contributed by atoms with Gasteiger partial charge in [0.05, 0.1) is 22.8 Å². The second-order valence-electron chi connectivity index (χ2n) is 3.85. The Kier molecular flexibility index (Phi) is 6.23. The molecule has 0 aliphatic heterocycles. The Bertz CT molecular complexity index is 360. The first-order chi connectivity index (χ1) is 8.06. The van der Waals surface area contributed by atoms with Gasteiger partial charge in [-0.15, -0.1) is 0 Å². The van der Waals surface area contributed by atoms with Crippen LogP contribution in [0.25, 0.3) is 0 Å². The summed E-state index contributed by atoms with van der Waals surface area (Å²) in [7, 11) is 1.64. The maximum atomic E-state index is 10.1. The smallest absolute Gasteiger partial charge is 0.0940 e. The van der Waals surface area contributed by atoms with Crippen LogP contribution in [-0.2, 0) is 4.74 Å². The summed E-state index contributed by atoms with van der Waals surface area (Å²) in [4.78, 5) is 0. The molecule has 1 aromatic rings. The molecule has 0 aromatic heterocycles. The molecule has 2 unspecified atom stereocenters. The predicted molar refractivity (Wildman–Crippen MR) is 70.8 cm³/mol. The summed E-state index contributed by atoms with van der Waals surface area (Å²) < 4.78 is 4.93. The minimum absolute atomic E-state index is 0.0811. The fourth-order valence-electron chi connectivity index (χ4n) is 1.49. The average Bonchev–Trinajstić information content (AvgIpc) is 2.32. The quantitative estimate of drug-likeness (QED) is 0.786. The van der Waals surface area contributed by atoms with Gasteiger partial charge in [0.1, 0.15) is 0 Å². The van der Waals surface area contributed by atoms with E-state index in [1.807, 2.05) is 6.92 Å². The van der Waals surface area contributed by atoms with E-state index >= 15 is 0 Å². The fraction of sp³-hybridized carbons (Fsp3) is 0.500. The number of hydrogen-bond donors (Lipinski definition) is 2. The Balaban J connectivity index is 2.61. The highest BCUT2D eigenvalue weighted by Gasteiger charge is 2.16. The summed E-state index contributed by atoms with van der Waals surface area (Å²) in [5.41, 5.74) is 0.747. The van der Waals surface area contributed by atoms with Crippen LogP contribution in [0.2, 0.25) is 10.0 Å². The summed E-state index contributed by atoms with van der Waals surface area (Å²) in [6, 6.07) is 5.06. The molecule has 0 heterocycles. The molecule has 0 saturated carbocycles. The fourth-order valence-corrected chi connectivity index (χ4v) is 1.79. The van der Waals surface area contributed by atoms with E-state index in [0.29, 0.717) is 23.2 Å². The molecule has 17 heavy (non-hydrogen) atoms. The number of rotatable bonds is 6. The normalized spacial score (nSPS) is 14.6. The van der Waals surface area contributed by atoms with E-state index in [2.05, 4.69) is 5.32 Å². The first-order valence-electron chi connectivity index (χ1n) is 5.41. The van der Waals surface area contributed by atoms with Crippen molar-refractivity contribution in [2.45, 2.75) is 19.1 Å². The number of halogens is 2. The van der Waals surface area contributed by atoms with E-state index in [-0.39, 0.29) is 6.04 Å². The van der Waals surface area contributed by atoms with Crippen molar-refractivity contribution in [3.05, 3.63) is 33.8 Å². The van der Waals surface area contributed by atoms with Gasteiger partial charge in [-0.25, -0.2) is 0 Å². The van der Waals surface area contributed by atoms with Crippen molar-refractivity contribution in [2.75, 3.05) is 20.3 Å². The largest absolute Gasteiger partial charge is 0.387 e. The third-order valence-corrected chi connectivity index (χ3v) is 3.27. The number of aliphatic hydroxyl groups is 1. The molecule has 1 aromatic carbocycles. The van der Waals surface area contributed by atoms with Crippen LogP contribution in [0, 0.1) is 0 Å². The highest BCUT2D eigenvalue weighted by atomic mass is 35.5. The zero-order chi connectivity index (χ0) is 12.8. The second-order valence-corrected chi connectivity index (χ2v) is 4.67. The Morgan fingerprint density at radius 3 is 2.65 bits per heavy atom. The van der Waals surface area contributed by atoms with Crippen LogP contribution in [0.5, 0.6) is 0 Å². The number of ether oxygens (including phenoxy) is 1. The predicted octanol–water partition coefficient (Wildman–Crippen LogP) is 2.65. The van der Waals surface area contributed by atoms with E-state index in [0.717, 1.165) is 5.56 Å². The van der Waals surface area contributed by atoms with Crippen LogP contribution < -0.4 is 5.32 Å². The molecule has 0 fully saturated rings. The zero-order valence-corrected chi connectivity index (χ0v) is 11.4.